The predicted octanol–water partition coefficient (Wildman–Crippen LogP) is 9.07. The van der Waals surface area contributed by atoms with Gasteiger partial charge in [-0.25, -0.2) is 19.4 Å². The van der Waals surface area contributed by atoms with Crippen LogP contribution in [-0.2, 0) is 14.2 Å². The van der Waals surface area contributed by atoms with Crippen molar-refractivity contribution in [3.8, 4) is 11.1 Å². The van der Waals surface area contributed by atoms with Gasteiger partial charge in [-0.2, -0.15) is 0 Å². The molecule has 0 aliphatic rings. The molecule has 0 radical (unpaired) electrons. The number of nitrogens with zero attached hydrogens (tertiary/aromatic N) is 1. The topological polar surface area (TPSA) is 177 Å². The number of aryl methyl sites for hydroxylation is 1. The van der Waals surface area contributed by atoms with Crippen molar-refractivity contribution < 1.29 is 28.6 Å². The van der Waals surface area contributed by atoms with Crippen LogP contribution in [0.25, 0.3) is 11.1 Å². The number of nitrogen functional groups attached to an aromatic ring is 1. The first-order chi connectivity index (χ1) is 23.0. The Kier molecular flexibility index (Phi) is 13.0. The van der Waals surface area contributed by atoms with Gasteiger partial charge in [-0.15, -0.1) is 23.1 Å². The van der Waals surface area contributed by atoms with Crippen LogP contribution in [-0.4, -0.2) is 53.1 Å². The summed E-state index contributed by atoms with van der Waals surface area (Å²) in [6.45, 7) is 17.5. The number of ether oxygens (including phenoxy) is 3. The maximum absolute atomic E-state index is 12.6. The Morgan fingerprint density at radius 1 is 0.820 bits per heavy atom. The Morgan fingerprint density at radius 3 is 1.86 bits per heavy atom. The molecule has 0 bridgehead atoms. The van der Waals surface area contributed by atoms with Crippen LogP contribution in [0.4, 0.5) is 25.8 Å². The number of benzene rings is 2. The molecule has 0 saturated carbocycles. The lowest BCUT2D eigenvalue weighted by Gasteiger charge is -2.22. The summed E-state index contributed by atoms with van der Waals surface area (Å²) in [4.78, 5) is 44.3. The fraction of sp³-hybridized carbons (Fsp3) is 0.400. The number of anilines is 1. The van der Waals surface area contributed by atoms with Gasteiger partial charge in [0.1, 0.15) is 22.6 Å². The first-order valence-electron chi connectivity index (χ1n) is 15.6. The fourth-order valence-electron chi connectivity index (χ4n) is 4.27. The minimum atomic E-state index is -0.804. The monoisotopic (exact) mass is 742 g/mol. The third-order valence-corrected chi connectivity index (χ3v) is 9.48. The van der Waals surface area contributed by atoms with Crippen molar-refractivity contribution >= 4 is 76.3 Å². The van der Waals surface area contributed by atoms with Gasteiger partial charge in [-0.05, 0) is 117 Å². The Balaban J connectivity index is 1.89. The molecule has 15 heteroatoms. The first-order valence-corrected chi connectivity index (χ1v) is 18.4. The highest BCUT2D eigenvalue weighted by Gasteiger charge is 2.23. The average Bonchev–Trinajstić information content (AvgIpc) is 3.32. The Hall–Kier alpha value is -4.21. The maximum atomic E-state index is 12.6. The number of alkyl carbamates (subject to hydrolysis) is 3. The van der Waals surface area contributed by atoms with E-state index >= 15 is 0 Å². The van der Waals surface area contributed by atoms with Gasteiger partial charge in [0.15, 0.2) is 0 Å². The Bertz CT molecular complexity index is 1730. The van der Waals surface area contributed by atoms with Crippen LogP contribution < -0.4 is 21.7 Å². The summed E-state index contributed by atoms with van der Waals surface area (Å²) >= 11 is 4.52. The number of carbonyl (C=O) groups excluding carboxylic acids is 3. The van der Waals surface area contributed by atoms with Gasteiger partial charge < -0.3 is 19.9 Å². The quantitative estimate of drug-likeness (QED) is 0.0542. The molecule has 6 N–H and O–H groups in total. The van der Waals surface area contributed by atoms with Crippen molar-refractivity contribution in [3.63, 3.8) is 0 Å². The number of amides is 3. The van der Waals surface area contributed by atoms with E-state index in [2.05, 4.69) is 20.9 Å². The number of carbonyl (C=O) groups is 3. The van der Waals surface area contributed by atoms with Crippen LogP contribution in [0.1, 0.15) is 72.8 Å². The molecule has 2 aromatic carbocycles. The summed E-state index contributed by atoms with van der Waals surface area (Å²) in [5.74, 6) is -0.218. The molecule has 50 heavy (non-hydrogen) atoms. The second-order valence-electron chi connectivity index (χ2n) is 14.0. The zero-order chi connectivity index (χ0) is 37.6. The molecule has 3 aromatic rings. The average molecular weight is 743 g/mol. The number of nitrogens with two attached hydrogens (primary N) is 1. The van der Waals surface area contributed by atoms with Gasteiger partial charge >= 0.3 is 18.3 Å². The molecule has 1 aromatic heterocycles. The lowest BCUT2D eigenvalue weighted by molar-refractivity contribution is 0.0535. The Labute approximate surface area is 306 Å². The van der Waals surface area contributed by atoms with E-state index in [0.29, 0.717) is 16.3 Å². The largest absolute Gasteiger partial charge is 0.444 e. The number of thioether (sulfide) groups is 1. The third kappa shape index (κ3) is 12.9. The molecule has 0 saturated heterocycles. The maximum Gasteiger partial charge on any atom is 0.414 e. The standard InChI is InChI=1S/C35H46N6O6S3/c1-19-15-21(38-29(40-31(43)46-34(5,6)7)41-32(44)47-35(8,9)10)17-23(36)26(19)20-13-12-14-22(16-20)49-25-18-24(50-28(25)48-11)27(37)39-30(42)45-33(2,3)4/h12-18H,36H2,1-11H3,(H2,37,39,42)(H2,38,40,41,43,44). The van der Waals surface area contributed by atoms with Crippen molar-refractivity contribution in [3.05, 3.63) is 52.9 Å². The predicted molar refractivity (Wildman–Crippen MR) is 203 cm³/mol. The third-order valence-electron chi connectivity index (χ3n) is 5.90. The lowest BCUT2D eigenvalue weighted by atomic mass is 9.98. The molecule has 1 heterocycles. The number of amidine groups is 1. The van der Waals surface area contributed by atoms with Gasteiger partial charge in [0.2, 0.25) is 5.96 Å². The number of nitrogens with one attached hydrogen (secondary N) is 4. The number of aliphatic imine (C=N–C) groups is 1. The van der Waals surface area contributed by atoms with Gasteiger partial charge in [0.05, 0.1) is 14.8 Å². The summed E-state index contributed by atoms with van der Waals surface area (Å²) < 4.78 is 17.0. The molecule has 0 atom stereocenters. The normalized spacial score (nSPS) is 11.7. The van der Waals surface area contributed by atoms with E-state index in [1.165, 1.54) is 23.1 Å². The van der Waals surface area contributed by atoms with Crippen molar-refractivity contribution in [2.45, 2.75) is 100 Å². The highest BCUT2D eigenvalue weighted by atomic mass is 32.2. The number of thiophene rings is 1. The molecule has 3 amide bonds. The van der Waals surface area contributed by atoms with Gasteiger partial charge in [-0.3, -0.25) is 21.4 Å². The number of rotatable bonds is 6. The van der Waals surface area contributed by atoms with Crippen LogP contribution in [0.5, 0.6) is 0 Å². The number of guanidine groups is 1. The Morgan fingerprint density at radius 2 is 1.36 bits per heavy atom. The molecule has 0 aliphatic carbocycles. The highest BCUT2D eigenvalue weighted by Crippen LogP contribution is 2.42. The van der Waals surface area contributed by atoms with Crippen molar-refractivity contribution in [1.82, 2.24) is 16.0 Å². The molecular formula is C35H46N6O6S3. The van der Waals surface area contributed by atoms with Gasteiger partial charge in [-0.1, -0.05) is 23.9 Å². The SMILES string of the molecule is CSc1sc(C(=N)NC(=O)OC(C)(C)C)cc1Sc1cccc(-c2c(C)cc(N=C(NC(=O)OC(C)(C)C)NC(=O)OC(C)(C)C)cc2N)c1. The van der Waals surface area contributed by atoms with Crippen molar-refractivity contribution in [2.75, 3.05) is 12.0 Å². The summed E-state index contributed by atoms with van der Waals surface area (Å²) in [7, 11) is 0. The molecule has 0 spiro atoms. The summed E-state index contributed by atoms with van der Waals surface area (Å²) in [6, 6.07) is 13.2. The minimum absolute atomic E-state index is 0.0305. The van der Waals surface area contributed by atoms with E-state index in [1.54, 1.807) is 86.2 Å². The number of hydrogen-bond donors (Lipinski definition) is 5. The van der Waals surface area contributed by atoms with Crippen LogP contribution in [0.2, 0.25) is 0 Å². The summed E-state index contributed by atoms with van der Waals surface area (Å²) in [5.41, 5.74) is 7.67. The molecule has 0 unspecified atom stereocenters. The molecule has 270 valence electrons. The zero-order valence-corrected chi connectivity index (χ0v) is 32.7. The highest BCUT2D eigenvalue weighted by molar-refractivity contribution is 8.03. The van der Waals surface area contributed by atoms with Crippen LogP contribution >= 0.6 is 34.9 Å². The van der Waals surface area contributed by atoms with Crippen LogP contribution in [0.15, 0.2) is 61.5 Å². The number of hydrogen-bond acceptors (Lipinski definition) is 12. The second kappa shape index (κ2) is 16.2. The summed E-state index contributed by atoms with van der Waals surface area (Å²) in [5, 5.41) is 15.9. The molecule has 12 nitrogen and oxygen atoms in total. The van der Waals surface area contributed by atoms with Crippen molar-refractivity contribution in [2.24, 2.45) is 4.99 Å². The zero-order valence-electron chi connectivity index (χ0n) is 30.2. The minimum Gasteiger partial charge on any atom is -0.444 e. The smallest absolute Gasteiger partial charge is 0.414 e. The van der Waals surface area contributed by atoms with Crippen molar-refractivity contribution in [1.29, 1.82) is 5.41 Å². The van der Waals surface area contributed by atoms with E-state index < -0.39 is 35.1 Å². The molecular weight excluding hydrogens is 697 g/mol. The first kappa shape index (κ1) is 40.2. The van der Waals surface area contributed by atoms with Gasteiger partial charge in [0.25, 0.3) is 0 Å². The van der Waals surface area contributed by atoms with Crippen LogP contribution in [0.3, 0.4) is 0 Å². The molecule has 3 rings (SSSR count). The molecule has 0 aliphatic heterocycles. The van der Waals surface area contributed by atoms with Crippen LogP contribution in [0, 0.1) is 12.3 Å². The lowest BCUT2D eigenvalue weighted by Crippen LogP contribution is -2.47. The summed E-state index contributed by atoms with van der Waals surface area (Å²) in [6.07, 6.45) is -0.321. The second-order valence-corrected chi connectivity index (χ2v) is 17.3. The fourth-order valence-corrected chi connectivity index (χ4v) is 7.37. The van der Waals surface area contributed by atoms with E-state index in [1.807, 2.05) is 43.5 Å². The van der Waals surface area contributed by atoms with E-state index in [0.717, 1.165) is 30.7 Å². The van der Waals surface area contributed by atoms with E-state index in [-0.39, 0.29) is 11.8 Å². The molecule has 0 fully saturated rings. The van der Waals surface area contributed by atoms with E-state index in [4.69, 9.17) is 25.4 Å². The van der Waals surface area contributed by atoms with E-state index in [9.17, 15) is 14.4 Å². The van der Waals surface area contributed by atoms with Gasteiger partial charge in [0, 0.05) is 21.0 Å².